The Morgan fingerprint density at radius 3 is 1.94 bits per heavy atom. The first-order valence-electron chi connectivity index (χ1n) is 11.0. The number of hydrogen-bond donors (Lipinski definition) is 8. The zero-order valence-corrected chi connectivity index (χ0v) is 19.7. The molecule has 14 nitrogen and oxygen atoms in total. The lowest BCUT2D eigenvalue weighted by Crippen LogP contribution is -2.60. The van der Waals surface area contributed by atoms with E-state index in [0.717, 1.165) is 0 Å². The predicted molar refractivity (Wildman–Crippen MR) is 125 cm³/mol. The van der Waals surface area contributed by atoms with Crippen molar-refractivity contribution in [2.75, 3.05) is 0 Å². The van der Waals surface area contributed by atoms with E-state index >= 15 is 0 Å². The zero-order chi connectivity index (χ0) is 27.4. The summed E-state index contributed by atoms with van der Waals surface area (Å²) in [6, 6.07) is 2.66. The summed E-state index contributed by atoms with van der Waals surface area (Å²) in [5.74, 6) is -5.95. The van der Waals surface area contributed by atoms with Crippen LogP contribution < -0.4 is 33.2 Å². The first-order chi connectivity index (χ1) is 16.8. The van der Waals surface area contributed by atoms with Gasteiger partial charge in [0, 0.05) is 12.8 Å². The van der Waals surface area contributed by atoms with E-state index < -0.39 is 72.2 Å². The molecule has 0 radical (unpaired) electrons. The van der Waals surface area contributed by atoms with Crippen LogP contribution in [0.5, 0.6) is 0 Å². The van der Waals surface area contributed by atoms with Gasteiger partial charge in [0.2, 0.25) is 29.5 Å². The molecule has 36 heavy (non-hydrogen) atoms. The van der Waals surface area contributed by atoms with E-state index in [1.807, 2.05) is 0 Å². The Kier molecular flexibility index (Phi) is 12.0. The maximum Gasteiger partial charge on any atom is 0.326 e. The highest BCUT2D eigenvalue weighted by Gasteiger charge is 2.33. The minimum atomic E-state index is -1.63. The third-order valence-corrected chi connectivity index (χ3v) is 5.04. The Balaban J connectivity index is 2.94. The molecule has 14 heteroatoms. The number of aliphatic carboxylic acids is 1. The highest BCUT2D eigenvalue weighted by molar-refractivity contribution is 5.96. The van der Waals surface area contributed by atoms with Gasteiger partial charge in [-0.25, -0.2) is 4.79 Å². The standard InChI is InChI=1S/C22H32N6O8/c1-11(29)18(21(34)27-15(22(35)36)9-12-5-3-2-4-6-12)28-20(33)14(10-17(25)31)26-19(32)13(23)7-8-16(24)30/h2-6,11,13-15,18,29H,7-10,23H2,1H3,(H2,24,30)(H2,25,31)(H,26,32)(H,27,34)(H,28,33)(H,35,36). The lowest BCUT2D eigenvalue weighted by molar-refractivity contribution is -0.143. The van der Waals surface area contributed by atoms with E-state index in [0.29, 0.717) is 5.56 Å². The number of primary amides is 2. The van der Waals surface area contributed by atoms with Crippen molar-refractivity contribution in [3.8, 4) is 0 Å². The number of rotatable bonds is 15. The van der Waals surface area contributed by atoms with Gasteiger partial charge >= 0.3 is 5.97 Å². The molecule has 0 aliphatic heterocycles. The largest absolute Gasteiger partial charge is 0.480 e. The minimum Gasteiger partial charge on any atom is -0.480 e. The van der Waals surface area contributed by atoms with Gasteiger partial charge in [0.05, 0.1) is 18.6 Å². The van der Waals surface area contributed by atoms with Crippen molar-refractivity contribution in [1.82, 2.24) is 16.0 Å². The van der Waals surface area contributed by atoms with Gasteiger partial charge in [0.1, 0.15) is 18.1 Å². The van der Waals surface area contributed by atoms with Crippen LogP contribution in [0.3, 0.4) is 0 Å². The number of carboxylic acids is 1. The summed E-state index contributed by atoms with van der Waals surface area (Å²) in [6.45, 7) is 1.18. The summed E-state index contributed by atoms with van der Waals surface area (Å²) in [6.07, 6.45) is -2.53. The molecule has 0 aromatic heterocycles. The number of carboxylic acid groups (broad SMARTS) is 1. The highest BCUT2D eigenvalue weighted by atomic mass is 16.4. The summed E-state index contributed by atoms with van der Waals surface area (Å²) in [5, 5.41) is 26.2. The summed E-state index contributed by atoms with van der Waals surface area (Å²) >= 11 is 0. The molecule has 11 N–H and O–H groups in total. The van der Waals surface area contributed by atoms with Gasteiger partial charge in [-0.2, -0.15) is 0 Å². The number of amides is 5. The minimum absolute atomic E-state index is 0.0636. The van der Waals surface area contributed by atoms with Gasteiger partial charge < -0.3 is 43.4 Å². The second-order valence-electron chi connectivity index (χ2n) is 8.16. The van der Waals surface area contributed by atoms with Crippen LogP contribution in [-0.4, -0.2) is 76.0 Å². The van der Waals surface area contributed by atoms with Gasteiger partial charge in [-0.05, 0) is 18.9 Å². The molecule has 198 valence electrons. The molecule has 1 aromatic rings. The second kappa shape index (κ2) is 14.4. The topological polar surface area (TPSA) is 257 Å². The van der Waals surface area contributed by atoms with Crippen molar-refractivity contribution in [2.24, 2.45) is 17.2 Å². The molecule has 0 spiro atoms. The first-order valence-corrected chi connectivity index (χ1v) is 11.0. The van der Waals surface area contributed by atoms with Crippen LogP contribution in [0, 0.1) is 0 Å². The van der Waals surface area contributed by atoms with E-state index in [2.05, 4.69) is 16.0 Å². The lowest BCUT2D eigenvalue weighted by Gasteiger charge is -2.26. The Morgan fingerprint density at radius 1 is 0.861 bits per heavy atom. The van der Waals surface area contributed by atoms with E-state index in [1.165, 1.54) is 6.92 Å². The third kappa shape index (κ3) is 10.5. The van der Waals surface area contributed by atoms with Crippen molar-refractivity contribution >= 4 is 35.5 Å². The first kappa shape index (κ1) is 30.0. The molecule has 1 aromatic carbocycles. The van der Waals surface area contributed by atoms with Gasteiger partial charge in [0.15, 0.2) is 0 Å². The number of nitrogens with two attached hydrogens (primary N) is 3. The van der Waals surface area contributed by atoms with Crippen molar-refractivity contribution in [3.05, 3.63) is 35.9 Å². The van der Waals surface area contributed by atoms with Gasteiger partial charge in [-0.3, -0.25) is 24.0 Å². The fourth-order valence-corrected chi connectivity index (χ4v) is 3.09. The van der Waals surface area contributed by atoms with E-state index in [1.54, 1.807) is 30.3 Å². The van der Waals surface area contributed by atoms with Crippen LogP contribution in [0.25, 0.3) is 0 Å². The SMILES string of the molecule is CC(O)C(NC(=O)C(CC(N)=O)NC(=O)C(N)CCC(N)=O)C(=O)NC(Cc1ccccc1)C(=O)O. The van der Waals surface area contributed by atoms with Crippen molar-refractivity contribution in [2.45, 2.75) is 62.9 Å². The molecule has 0 saturated heterocycles. The molecule has 5 unspecified atom stereocenters. The Labute approximate surface area is 206 Å². The van der Waals surface area contributed by atoms with Crippen molar-refractivity contribution in [1.29, 1.82) is 0 Å². The molecule has 0 aliphatic rings. The van der Waals surface area contributed by atoms with Gasteiger partial charge in [0.25, 0.3) is 0 Å². The number of nitrogens with one attached hydrogen (secondary N) is 3. The van der Waals surface area contributed by atoms with E-state index in [4.69, 9.17) is 17.2 Å². The molecular formula is C22H32N6O8. The quantitative estimate of drug-likeness (QED) is 0.117. The van der Waals surface area contributed by atoms with E-state index in [9.17, 15) is 39.0 Å². The molecule has 5 atom stereocenters. The number of aliphatic hydroxyl groups is 1. The smallest absolute Gasteiger partial charge is 0.326 e. The third-order valence-electron chi connectivity index (χ3n) is 5.04. The molecule has 0 saturated carbocycles. The Hall–Kier alpha value is -4.04. The number of aliphatic hydroxyl groups excluding tert-OH is 1. The van der Waals surface area contributed by atoms with Gasteiger partial charge in [-0.1, -0.05) is 30.3 Å². The maximum atomic E-state index is 12.8. The maximum absolute atomic E-state index is 12.8. The summed E-state index contributed by atoms with van der Waals surface area (Å²) < 4.78 is 0. The predicted octanol–water partition coefficient (Wildman–Crippen LogP) is -3.38. The molecule has 1 rings (SSSR count). The lowest BCUT2D eigenvalue weighted by atomic mass is 10.0. The average Bonchev–Trinajstić information content (AvgIpc) is 2.79. The van der Waals surface area contributed by atoms with Crippen LogP contribution in [-0.2, 0) is 35.2 Å². The number of benzene rings is 1. The molecule has 0 fully saturated rings. The van der Waals surface area contributed by atoms with Crippen LogP contribution in [0.4, 0.5) is 0 Å². The fraction of sp³-hybridized carbons (Fsp3) is 0.455. The summed E-state index contributed by atoms with van der Waals surface area (Å²) in [4.78, 5) is 71.8. The Bertz CT molecular complexity index is 955. The van der Waals surface area contributed by atoms with Crippen LogP contribution >= 0.6 is 0 Å². The molecular weight excluding hydrogens is 476 g/mol. The summed E-state index contributed by atoms with van der Waals surface area (Å²) in [7, 11) is 0. The second-order valence-corrected chi connectivity index (χ2v) is 8.16. The fourth-order valence-electron chi connectivity index (χ4n) is 3.09. The van der Waals surface area contributed by atoms with Crippen molar-refractivity contribution in [3.63, 3.8) is 0 Å². The number of carbonyl (C=O) groups is 6. The molecule has 0 aliphatic carbocycles. The van der Waals surface area contributed by atoms with Crippen LogP contribution in [0.15, 0.2) is 30.3 Å². The molecule has 5 amide bonds. The monoisotopic (exact) mass is 508 g/mol. The van der Waals surface area contributed by atoms with Crippen LogP contribution in [0.2, 0.25) is 0 Å². The average molecular weight is 509 g/mol. The van der Waals surface area contributed by atoms with Crippen LogP contribution in [0.1, 0.15) is 31.7 Å². The van der Waals surface area contributed by atoms with Gasteiger partial charge in [-0.15, -0.1) is 0 Å². The normalized spacial score (nSPS) is 14.9. The highest BCUT2D eigenvalue weighted by Crippen LogP contribution is 2.06. The zero-order valence-electron chi connectivity index (χ0n) is 19.7. The summed E-state index contributed by atoms with van der Waals surface area (Å²) in [5.41, 5.74) is 16.4. The number of hydrogen-bond acceptors (Lipinski definition) is 8. The Morgan fingerprint density at radius 2 is 1.44 bits per heavy atom. The molecule has 0 bridgehead atoms. The van der Waals surface area contributed by atoms with E-state index in [-0.39, 0.29) is 19.3 Å². The van der Waals surface area contributed by atoms with Crippen molar-refractivity contribution < 1.29 is 39.0 Å². The molecule has 0 heterocycles. The number of carbonyl (C=O) groups excluding carboxylic acids is 5.